The molecule has 0 aliphatic carbocycles. The molecule has 0 unspecified atom stereocenters. The van der Waals surface area contributed by atoms with E-state index in [-0.39, 0.29) is 18.4 Å². The smallest absolute Gasteiger partial charge is 0.262 e. The van der Waals surface area contributed by atoms with Gasteiger partial charge in [0.15, 0.2) is 18.1 Å². The Labute approximate surface area is 159 Å². The van der Waals surface area contributed by atoms with Crippen LogP contribution in [0.25, 0.3) is 0 Å². The van der Waals surface area contributed by atoms with Crippen LogP contribution in [0, 0.1) is 6.92 Å². The zero-order chi connectivity index (χ0) is 19.8. The molecule has 2 N–H and O–H groups in total. The van der Waals surface area contributed by atoms with Crippen LogP contribution in [0.4, 0.5) is 11.4 Å². The van der Waals surface area contributed by atoms with Gasteiger partial charge in [-0.15, -0.1) is 6.58 Å². The molecule has 0 aliphatic rings. The van der Waals surface area contributed by atoms with Crippen LogP contribution >= 0.6 is 0 Å². The van der Waals surface area contributed by atoms with Gasteiger partial charge in [-0.2, -0.15) is 0 Å². The Hall–Kier alpha value is -3.28. The average molecular weight is 368 g/mol. The molecule has 0 heterocycles. The molecule has 0 radical (unpaired) electrons. The second-order valence-corrected chi connectivity index (χ2v) is 5.97. The van der Waals surface area contributed by atoms with Gasteiger partial charge in [-0.1, -0.05) is 18.2 Å². The molecular weight excluding hydrogens is 344 g/mol. The molecule has 0 aliphatic heterocycles. The number of carbonyl (C=O) groups excluding carboxylic acids is 2. The number of benzene rings is 2. The van der Waals surface area contributed by atoms with Crippen molar-refractivity contribution in [3.05, 3.63) is 60.2 Å². The van der Waals surface area contributed by atoms with E-state index in [1.165, 1.54) is 6.92 Å². The van der Waals surface area contributed by atoms with Gasteiger partial charge >= 0.3 is 0 Å². The summed E-state index contributed by atoms with van der Waals surface area (Å²) in [6.07, 6.45) is 2.53. The van der Waals surface area contributed by atoms with E-state index in [0.29, 0.717) is 22.9 Å². The Morgan fingerprint density at radius 3 is 2.44 bits per heavy atom. The Morgan fingerprint density at radius 1 is 1.11 bits per heavy atom. The Bertz CT molecular complexity index is 846. The predicted molar refractivity (Wildman–Crippen MR) is 107 cm³/mol. The molecule has 0 atom stereocenters. The van der Waals surface area contributed by atoms with E-state index in [2.05, 4.69) is 17.2 Å². The van der Waals surface area contributed by atoms with Crippen molar-refractivity contribution in [2.24, 2.45) is 0 Å². The van der Waals surface area contributed by atoms with Gasteiger partial charge in [-0.3, -0.25) is 9.59 Å². The van der Waals surface area contributed by atoms with E-state index >= 15 is 0 Å². The van der Waals surface area contributed by atoms with E-state index in [4.69, 9.17) is 9.47 Å². The molecular formula is C21H24N2O4. The molecule has 6 nitrogen and oxygen atoms in total. The highest BCUT2D eigenvalue weighted by atomic mass is 16.5. The number of anilines is 2. The van der Waals surface area contributed by atoms with Crippen molar-refractivity contribution < 1.29 is 19.1 Å². The molecule has 6 heteroatoms. The standard InChI is InChI=1S/C21H24N2O4/c1-5-7-16-10-11-19(20(12-16)26-4)27-13-21(25)23-18-9-6-8-17(14(18)2)22-15(3)24/h5-6,8-12H,1,7,13H2,2-4H3,(H,22,24)(H,23,25). The second-order valence-electron chi connectivity index (χ2n) is 5.97. The second kappa shape index (κ2) is 9.43. The minimum absolute atomic E-state index is 0.166. The molecule has 0 bridgehead atoms. The van der Waals surface area contributed by atoms with Crippen molar-refractivity contribution in [2.45, 2.75) is 20.3 Å². The first-order valence-electron chi connectivity index (χ1n) is 8.52. The summed E-state index contributed by atoms with van der Waals surface area (Å²) in [4.78, 5) is 23.5. The maximum Gasteiger partial charge on any atom is 0.262 e. The van der Waals surface area contributed by atoms with Gasteiger partial charge in [-0.25, -0.2) is 0 Å². The third kappa shape index (κ3) is 5.60. The summed E-state index contributed by atoms with van der Waals surface area (Å²) in [6, 6.07) is 10.8. The number of nitrogens with one attached hydrogen (secondary N) is 2. The fraction of sp³-hybridized carbons (Fsp3) is 0.238. The van der Waals surface area contributed by atoms with Crippen molar-refractivity contribution in [3.8, 4) is 11.5 Å². The zero-order valence-electron chi connectivity index (χ0n) is 15.8. The first-order valence-corrected chi connectivity index (χ1v) is 8.52. The van der Waals surface area contributed by atoms with E-state index in [1.807, 2.05) is 19.1 Å². The first kappa shape index (κ1) is 20.0. The largest absolute Gasteiger partial charge is 0.493 e. The maximum absolute atomic E-state index is 12.3. The number of allylic oxidation sites excluding steroid dienone is 1. The molecule has 2 amide bonds. The zero-order valence-corrected chi connectivity index (χ0v) is 15.8. The molecule has 27 heavy (non-hydrogen) atoms. The van der Waals surface area contributed by atoms with Crippen molar-refractivity contribution >= 4 is 23.2 Å². The summed E-state index contributed by atoms with van der Waals surface area (Å²) in [5, 5.41) is 5.52. The van der Waals surface area contributed by atoms with Gasteiger partial charge in [-0.05, 0) is 48.7 Å². The highest BCUT2D eigenvalue weighted by Gasteiger charge is 2.11. The molecule has 0 fully saturated rings. The molecule has 142 valence electrons. The highest BCUT2D eigenvalue weighted by molar-refractivity contribution is 5.95. The maximum atomic E-state index is 12.3. The number of ether oxygens (including phenoxy) is 2. The van der Waals surface area contributed by atoms with Gasteiger partial charge in [0.2, 0.25) is 5.91 Å². The summed E-state index contributed by atoms with van der Waals surface area (Å²) in [5.41, 5.74) is 3.08. The molecule has 0 aromatic heterocycles. The number of rotatable bonds is 8. The number of hydrogen-bond donors (Lipinski definition) is 2. The average Bonchev–Trinajstić information content (AvgIpc) is 2.63. The third-order valence-electron chi connectivity index (χ3n) is 3.89. The molecule has 0 saturated heterocycles. The van der Waals surface area contributed by atoms with Crippen LogP contribution < -0.4 is 20.1 Å². The summed E-state index contributed by atoms with van der Waals surface area (Å²) in [7, 11) is 1.55. The minimum atomic E-state index is -0.310. The fourth-order valence-electron chi connectivity index (χ4n) is 2.55. The quantitative estimate of drug-likeness (QED) is 0.697. The Morgan fingerprint density at radius 2 is 1.81 bits per heavy atom. The number of amides is 2. The lowest BCUT2D eigenvalue weighted by Gasteiger charge is -2.14. The minimum Gasteiger partial charge on any atom is -0.493 e. The van der Waals surface area contributed by atoms with Gasteiger partial charge in [0.05, 0.1) is 7.11 Å². The predicted octanol–water partition coefficient (Wildman–Crippen LogP) is 3.71. The van der Waals surface area contributed by atoms with E-state index < -0.39 is 0 Å². The van der Waals surface area contributed by atoms with Gasteiger partial charge < -0.3 is 20.1 Å². The third-order valence-corrected chi connectivity index (χ3v) is 3.89. The summed E-state index contributed by atoms with van der Waals surface area (Å²) >= 11 is 0. The van der Waals surface area contributed by atoms with Crippen LogP contribution in [0.15, 0.2) is 49.1 Å². The van der Waals surface area contributed by atoms with Crippen molar-refractivity contribution in [1.29, 1.82) is 0 Å². The van der Waals surface area contributed by atoms with Crippen LogP contribution in [-0.2, 0) is 16.0 Å². The molecule has 2 aromatic carbocycles. The number of carbonyl (C=O) groups is 2. The Balaban J connectivity index is 2.03. The monoisotopic (exact) mass is 368 g/mol. The lowest BCUT2D eigenvalue weighted by molar-refractivity contribution is -0.118. The SMILES string of the molecule is C=CCc1ccc(OCC(=O)Nc2cccc(NC(C)=O)c2C)c(OC)c1. The van der Waals surface area contributed by atoms with Gasteiger partial charge in [0, 0.05) is 18.3 Å². The molecule has 2 aromatic rings. The molecule has 2 rings (SSSR count). The fourth-order valence-corrected chi connectivity index (χ4v) is 2.55. The topological polar surface area (TPSA) is 76.7 Å². The number of methoxy groups -OCH3 is 1. The van der Waals surface area contributed by atoms with E-state index in [0.717, 1.165) is 17.5 Å². The van der Waals surface area contributed by atoms with Crippen molar-refractivity contribution in [3.63, 3.8) is 0 Å². The summed E-state index contributed by atoms with van der Waals surface area (Å²) < 4.78 is 10.9. The van der Waals surface area contributed by atoms with E-state index in [9.17, 15) is 9.59 Å². The van der Waals surface area contributed by atoms with Crippen LogP contribution in [0.2, 0.25) is 0 Å². The van der Waals surface area contributed by atoms with Crippen molar-refractivity contribution in [1.82, 2.24) is 0 Å². The van der Waals surface area contributed by atoms with Crippen molar-refractivity contribution in [2.75, 3.05) is 24.4 Å². The van der Waals surface area contributed by atoms with Crippen LogP contribution in [0.3, 0.4) is 0 Å². The summed E-state index contributed by atoms with van der Waals surface area (Å²) in [6.45, 7) is 6.81. The summed E-state index contributed by atoms with van der Waals surface area (Å²) in [5.74, 6) is 0.572. The lowest BCUT2D eigenvalue weighted by atomic mass is 10.1. The van der Waals surface area contributed by atoms with Gasteiger partial charge in [0.1, 0.15) is 0 Å². The lowest BCUT2D eigenvalue weighted by Crippen LogP contribution is -2.21. The van der Waals surface area contributed by atoms with Crippen LogP contribution in [-0.4, -0.2) is 25.5 Å². The Kier molecular flexibility index (Phi) is 7.00. The van der Waals surface area contributed by atoms with Gasteiger partial charge in [0.25, 0.3) is 5.91 Å². The number of hydrogen-bond acceptors (Lipinski definition) is 4. The van der Waals surface area contributed by atoms with E-state index in [1.54, 1.807) is 37.5 Å². The normalized spacial score (nSPS) is 10.0. The van der Waals surface area contributed by atoms with Crippen LogP contribution in [0.5, 0.6) is 11.5 Å². The molecule has 0 saturated carbocycles. The highest BCUT2D eigenvalue weighted by Crippen LogP contribution is 2.28. The first-order chi connectivity index (χ1) is 12.9. The van der Waals surface area contributed by atoms with Crippen LogP contribution in [0.1, 0.15) is 18.1 Å². The molecule has 0 spiro atoms.